The van der Waals surface area contributed by atoms with Crippen LogP contribution in [0.2, 0.25) is 0 Å². The summed E-state index contributed by atoms with van der Waals surface area (Å²) in [4.78, 5) is 33.8. The molecule has 3 heterocycles. The fourth-order valence-electron chi connectivity index (χ4n) is 5.94. The fraction of sp³-hybridized carbons (Fsp3) is 0.414. The minimum absolute atomic E-state index is 0.00792. The van der Waals surface area contributed by atoms with Crippen LogP contribution in [0.15, 0.2) is 46.6 Å². The molecule has 5 rings (SSSR count). The molecule has 14 heteroatoms. The summed E-state index contributed by atoms with van der Waals surface area (Å²) in [6, 6.07) is 1.90. The van der Waals surface area contributed by atoms with E-state index in [1.54, 1.807) is 23.6 Å². The summed E-state index contributed by atoms with van der Waals surface area (Å²) in [5, 5.41) is 0.0417. The van der Waals surface area contributed by atoms with Gasteiger partial charge in [0, 0.05) is 65.5 Å². The summed E-state index contributed by atoms with van der Waals surface area (Å²) in [7, 11) is 1.43. The Hall–Kier alpha value is -3.49. The predicted molar refractivity (Wildman–Crippen MR) is 152 cm³/mol. The first kappa shape index (κ1) is 31.0. The molecule has 8 nitrogen and oxygen atoms in total. The monoisotopic (exact) mass is 624 g/mol. The number of ether oxygens (including phenoxy) is 2. The molecule has 2 aliphatic rings. The minimum Gasteiger partial charge on any atom is -0.359 e. The number of nitrogens with zero attached hydrogens (tertiary/aromatic N) is 4. The van der Waals surface area contributed by atoms with Crippen molar-refractivity contribution in [3.05, 3.63) is 64.6 Å². The Labute approximate surface area is 248 Å². The first-order valence-corrected chi connectivity index (χ1v) is 14.4. The number of hydrogen-bond acceptors (Lipinski definition) is 7. The van der Waals surface area contributed by atoms with Gasteiger partial charge < -0.3 is 19.3 Å². The molecular formula is C29H29F5N4O4S. The van der Waals surface area contributed by atoms with Gasteiger partial charge in [-0.25, -0.2) is 13.6 Å². The van der Waals surface area contributed by atoms with Crippen molar-refractivity contribution in [3.8, 4) is 11.1 Å². The number of aromatic nitrogens is 2. The largest absolute Gasteiger partial charge is 0.417 e. The molecule has 0 aliphatic carbocycles. The van der Waals surface area contributed by atoms with Crippen molar-refractivity contribution < 1.29 is 36.2 Å². The second-order valence-corrected chi connectivity index (χ2v) is 11.6. The number of thioether (sulfide) groups is 1. The summed E-state index contributed by atoms with van der Waals surface area (Å²) >= 11 is 1.03. The van der Waals surface area contributed by atoms with E-state index in [2.05, 4.69) is 11.6 Å². The number of carbonyl (C=O) groups excluding carboxylic acids is 1. The van der Waals surface area contributed by atoms with Gasteiger partial charge in [0.2, 0.25) is 5.91 Å². The highest BCUT2D eigenvalue weighted by Gasteiger charge is 2.41. The van der Waals surface area contributed by atoms with Crippen molar-refractivity contribution in [3.63, 3.8) is 0 Å². The van der Waals surface area contributed by atoms with Gasteiger partial charge in [-0.05, 0) is 38.1 Å². The fourth-order valence-corrected chi connectivity index (χ4v) is 7.25. The maximum Gasteiger partial charge on any atom is 0.417 e. The van der Waals surface area contributed by atoms with Crippen LogP contribution in [-0.2, 0) is 20.4 Å². The summed E-state index contributed by atoms with van der Waals surface area (Å²) in [5.41, 5.74) is -2.63. The van der Waals surface area contributed by atoms with Gasteiger partial charge >= 0.3 is 11.9 Å². The summed E-state index contributed by atoms with van der Waals surface area (Å²) in [5.74, 6) is -2.24. The molecular weight excluding hydrogens is 595 g/mol. The average Bonchev–Trinajstić information content (AvgIpc) is 2.94. The lowest BCUT2D eigenvalue weighted by atomic mass is 9.95. The highest BCUT2D eigenvalue weighted by Crippen LogP contribution is 2.50. The smallest absolute Gasteiger partial charge is 0.359 e. The molecule has 0 radical (unpaired) electrons. The van der Waals surface area contributed by atoms with Crippen molar-refractivity contribution in [1.29, 1.82) is 0 Å². The molecule has 1 amide bonds. The van der Waals surface area contributed by atoms with Gasteiger partial charge in [-0.3, -0.25) is 9.36 Å². The van der Waals surface area contributed by atoms with E-state index < -0.39 is 46.2 Å². The third-order valence-corrected chi connectivity index (χ3v) is 8.83. The van der Waals surface area contributed by atoms with E-state index in [0.717, 1.165) is 30.0 Å². The Morgan fingerprint density at radius 3 is 2.49 bits per heavy atom. The van der Waals surface area contributed by atoms with Gasteiger partial charge in [0.15, 0.2) is 0 Å². The zero-order valence-corrected chi connectivity index (χ0v) is 24.4. The maximum absolute atomic E-state index is 15.1. The number of amides is 1. The number of hydrogen-bond donors (Lipinski definition) is 0. The average molecular weight is 625 g/mol. The number of carbonyl (C=O) groups is 1. The van der Waals surface area contributed by atoms with Crippen LogP contribution < -0.4 is 10.6 Å². The lowest BCUT2D eigenvalue weighted by Gasteiger charge is -2.45. The van der Waals surface area contributed by atoms with Crippen molar-refractivity contribution >= 4 is 34.4 Å². The van der Waals surface area contributed by atoms with Gasteiger partial charge in [0.1, 0.15) is 24.2 Å². The topological polar surface area (TPSA) is 76.9 Å². The van der Waals surface area contributed by atoms with Crippen LogP contribution in [0.1, 0.15) is 25.5 Å². The van der Waals surface area contributed by atoms with Crippen molar-refractivity contribution in [2.24, 2.45) is 0 Å². The van der Waals surface area contributed by atoms with Crippen LogP contribution in [-0.4, -0.2) is 71.8 Å². The van der Waals surface area contributed by atoms with Crippen molar-refractivity contribution in [2.45, 2.75) is 43.0 Å². The van der Waals surface area contributed by atoms with Gasteiger partial charge in [-0.2, -0.15) is 18.2 Å². The molecule has 2 aliphatic heterocycles. The Bertz CT molecular complexity index is 1630. The highest BCUT2D eigenvalue weighted by atomic mass is 32.2. The van der Waals surface area contributed by atoms with E-state index in [-0.39, 0.29) is 71.8 Å². The lowest BCUT2D eigenvalue weighted by molar-refractivity contribution is -0.137. The number of rotatable bonds is 7. The molecule has 0 spiro atoms. The number of benzene rings is 2. The molecule has 43 heavy (non-hydrogen) atoms. The molecule has 3 aromatic rings. The zero-order valence-electron chi connectivity index (χ0n) is 23.6. The Morgan fingerprint density at radius 2 is 1.88 bits per heavy atom. The molecule has 0 N–H and O–H groups in total. The van der Waals surface area contributed by atoms with E-state index in [0.29, 0.717) is 6.07 Å². The van der Waals surface area contributed by atoms with Crippen LogP contribution in [0.25, 0.3) is 22.0 Å². The van der Waals surface area contributed by atoms with Crippen LogP contribution >= 0.6 is 11.8 Å². The summed E-state index contributed by atoms with van der Waals surface area (Å²) < 4.78 is 84.9. The maximum atomic E-state index is 15.1. The number of alkyl halides is 3. The SMILES string of the molecule is C=CC(=O)N1[C@H](C)CN(c2nc(=O)n3c4c(c(-c5ccc(F)cc5F)c(C(F)(F)F)cc24)SC[C@@H]3COCOC)C[C@@H]1C. The normalized spacial score (nSPS) is 20.5. The molecule has 0 saturated carbocycles. The van der Waals surface area contributed by atoms with E-state index in [4.69, 9.17) is 9.47 Å². The van der Waals surface area contributed by atoms with Crippen molar-refractivity contribution in [1.82, 2.24) is 14.5 Å². The quantitative estimate of drug-likeness (QED) is 0.154. The van der Waals surface area contributed by atoms with Crippen LogP contribution in [0.5, 0.6) is 0 Å². The Kier molecular flexibility index (Phi) is 8.56. The molecule has 1 saturated heterocycles. The molecule has 230 valence electrons. The number of piperazine rings is 1. The van der Waals surface area contributed by atoms with E-state index >= 15 is 4.39 Å². The van der Waals surface area contributed by atoms with Crippen molar-refractivity contribution in [2.75, 3.05) is 44.3 Å². The van der Waals surface area contributed by atoms with Gasteiger partial charge in [0.25, 0.3) is 0 Å². The minimum atomic E-state index is -4.94. The third kappa shape index (κ3) is 5.63. The van der Waals surface area contributed by atoms with E-state index in [1.807, 2.05) is 0 Å². The van der Waals surface area contributed by atoms with Gasteiger partial charge in [-0.15, -0.1) is 11.8 Å². The summed E-state index contributed by atoms with van der Waals surface area (Å²) in [6.45, 7) is 7.44. The van der Waals surface area contributed by atoms with Gasteiger partial charge in [0.05, 0.1) is 23.7 Å². The lowest BCUT2D eigenvalue weighted by Crippen LogP contribution is -2.58. The molecule has 0 bridgehead atoms. The van der Waals surface area contributed by atoms with Crippen LogP contribution in [0.3, 0.4) is 0 Å². The second-order valence-electron chi connectivity index (χ2n) is 10.5. The second kappa shape index (κ2) is 11.9. The molecule has 2 aromatic carbocycles. The summed E-state index contributed by atoms with van der Waals surface area (Å²) in [6.07, 6.45) is -3.74. The molecule has 1 fully saturated rings. The first-order chi connectivity index (χ1) is 20.4. The standard InChI is InChI=1S/C29H29F5N4O4S/c1-5-23(39)37-15(2)10-36(11-16(37)3)27-20-9-21(29(32,33)34)24(19-7-6-17(30)8-22(19)31)26-25(20)38(28(40)35-27)18(13-43-26)12-42-14-41-4/h5-9,15-16,18H,1,10-14H2,2-4H3/t15-,16+,18-/m0/s1. The Morgan fingerprint density at radius 1 is 1.19 bits per heavy atom. The van der Waals surface area contributed by atoms with E-state index in [1.165, 1.54) is 17.8 Å². The van der Waals surface area contributed by atoms with Gasteiger partial charge in [-0.1, -0.05) is 6.58 Å². The number of anilines is 1. The molecule has 0 unspecified atom stereocenters. The number of halogens is 5. The molecule has 1 aromatic heterocycles. The number of methoxy groups -OCH3 is 1. The first-order valence-electron chi connectivity index (χ1n) is 13.4. The van der Waals surface area contributed by atoms with Crippen LogP contribution in [0, 0.1) is 11.6 Å². The Balaban J connectivity index is 1.80. The van der Waals surface area contributed by atoms with E-state index in [9.17, 15) is 27.2 Å². The van der Waals surface area contributed by atoms with Crippen LogP contribution in [0.4, 0.5) is 27.8 Å². The zero-order chi connectivity index (χ0) is 31.2. The highest BCUT2D eigenvalue weighted by molar-refractivity contribution is 7.99. The third-order valence-electron chi connectivity index (χ3n) is 7.59. The predicted octanol–water partition coefficient (Wildman–Crippen LogP) is 5.24. The molecule has 3 atom stereocenters.